The zero-order valence-corrected chi connectivity index (χ0v) is 19.1. The van der Waals surface area contributed by atoms with Gasteiger partial charge in [-0.05, 0) is 64.5 Å². The van der Waals surface area contributed by atoms with Crippen LogP contribution in [0.3, 0.4) is 0 Å². The molecule has 30 heavy (non-hydrogen) atoms. The van der Waals surface area contributed by atoms with Crippen molar-refractivity contribution < 1.29 is 23.1 Å². The van der Waals surface area contributed by atoms with Gasteiger partial charge >= 0.3 is 6.03 Å². The van der Waals surface area contributed by atoms with Crippen molar-refractivity contribution >= 4 is 33.2 Å². The van der Waals surface area contributed by atoms with E-state index >= 15 is 0 Å². The van der Waals surface area contributed by atoms with Gasteiger partial charge in [0.2, 0.25) is 0 Å². The topological polar surface area (TPSA) is 105 Å². The zero-order valence-electron chi connectivity index (χ0n) is 17.5. The van der Waals surface area contributed by atoms with E-state index in [0.29, 0.717) is 26.1 Å². The standard InChI is InChI=1S/C21H29ClN2O5S/c1-13-5-4-6-16(13)23-20(26)24-17-8-7-15(22)19(18(17)25)30(27,28)21(2,3)14-9-11-29-12-10-14/h5,7-8,14,16,25H,4,6,9-12H2,1-3H3,(H2,23,24,26). The molecular weight excluding hydrogens is 428 g/mol. The first-order valence-electron chi connectivity index (χ1n) is 10.1. The average Bonchev–Trinajstić information content (AvgIpc) is 3.09. The second-order valence-corrected chi connectivity index (χ2v) is 11.3. The lowest BCUT2D eigenvalue weighted by Gasteiger charge is -2.36. The van der Waals surface area contributed by atoms with Crippen LogP contribution in [0.5, 0.6) is 5.75 Å². The molecule has 0 bridgehead atoms. The summed E-state index contributed by atoms with van der Waals surface area (Å²) in [6.07, 6.45) is 4.99. The number of hydrogen-bond acceptors (Lipinski definition) is 5. The molecule has 0 radical (unpaired) electrons. The first-order chi connectivity index (χ1) is 14.1. The van der Waals surface area contributed by atoms with Gasteiger partial charge in [0.15, 0.2) is 15.6 Å². The summed E-state index contributed by atoms with van der Waals surface area (Å²) in [6, 6.07) is 2.19. The predicted octanol–water partition coefficient (Wildman–Crippen LogP) is 4.25. The van der Waals surface area contributed by atoms with Crippen LogP contribution in [0.2, 0.25) is 5.02 Å². The Balaban J connectivity index is 1.88. The number of sulfone groups is 1. The number of carbonyl (C=O) groups excluding carboxylic acids is 1. The number of aromatic hydroxyl groups is 1. The summed E-state index contributed by atoms with van der Waals surface area (Å²) in [6.45, 7) is 6.24. The SMILES string of the molecule is CC1=CCCC1NC(=O)Nc1ccc(Cl)c(S(=O)(=O)C(C)(C)C2CCOCC2)c1O. The largest absolute Gasteiger partial charge is 0.504 e. The van der Waals surface area contributed by atoms with Crippen LogP contribution in [0.15, 0.2) is 28.7 Å². The van der Waals surface area contributed by atoms with Crippen LogP contribution in [0.1, 0.15) is 46.5 Å². The highest BCUT2D eigenvalue weighted by atomic mass is 35.5. The Kier molecular flexibility index (Phi) is 6.69. The fourth-order valence-electron chi connectivity index (χ4n) is 4.13. The van der Waals surface area contributed by atoms with Gasteiger partial charge in [-0.2, -0.15) is 0 Å². The third kappa shape index (κ3) is 4.31. The molecule has 1 aliphatic carbocycles. The fourth-order valence-corrected chi connectivity index (χ4v) is 6.48. The molecule has 1 aliphatic heterocycles. The van der Waals surface area contributed by atoms with Crippen molar-refractivity contribution in [2.45, 2.75) is 62.1 Å². The summed E-state index contributed by atoms with van der Waals surface area (Å²) in [5.41, 5.74) is 1.07. The van der Waals surface area contributed by atoms with Gasteiger partial charge < -0.3 is 20.5 Å². The van der Waals surface area contributed by atoms with Crippen LogP contribution >= 0.6 is 11.6 Å². The normalized spacial score (nSPS) is 20.7. The average molecular weight is 457 g/mol. The molecular formula is C21H29ClN2O5S. The zero-order chi connectivity index (χ0) is 22.1. The molecule has 1 unspecified atom stereocenters. The number of hydrogen-bond donors (Lipinski definition) is 3. The third-order valence-corrected chi connectivity index (χ3v) is 9.37. The summed E-state index contributed by atoms with van der Waals surface area (Å²) in [5, 5.41) is 16.1. The molecule has 3 N–H and O–H groups in total. The molecule has 9 heteroatoms. The Morgan fingerprint density at radius 3 is 2.50 bits per heavy atom. The minimum absolute atomic E-state index is 0.00196. The van der Waals surface area contributed by atoms with Crippen molar-refractivity contribution in [3.8, 4) is 5.75 Å². The minimum Gasteiger partial charge on any atom is -0.504 e. The van der Waals surface area contributed by atoms with E-state index in [1.54, 1.807) is 13.8 Å². The highest BCUT2D eigenvalue weighted by Gasteiger charge is 2.45. The number of halogens is 1. The highest BCUT2D eigenvalue weighted by Crippen LogP contribution is 2.45. The number of rotatable bonds is 5. The molecule has 1 fully saturated rings. The molecule has 2 amide bonds. The van der Waals surface area contributed by atoms with E-state index in [1.165, 1.54) is 12.1 Å². The van der Waals surface area contributed by atoms with Crippen molar-refractivity contribution in [2.75, 3.05) is 18.5 Å². The van der Waals surface area contributed by atoms with Crippen LogP contribution in [0.25, 0.3) is 0 Å². The number of ether oxygens (including phenoxy) is 1. The van der Waals surface area contributed by atoms with Crippen LogP contribution < -0.4 is 10.6 Å². The maximum absolute atomic E-state index is 13.5. The minimum atomic E-state index is -4.01. The number of anilines is 1. The van der Waals surface area contributed by atoms with E-state index in [2.05, 4.69) is 16.7 Å². The van der Waals surface area contributed by atoms with Gasteiger partial charge in [-0.15, -0.1) is 0 Å². The summed E-state index contributed by atoms with van der Waals surface area (Å²) in [4.78, 5) is 12.0. The second-order valence-electron chi connectivity index (χ2n) is 8.44. The number of carbonyl (C=O) groups is 1. The Bertz CT molecular complexity index is 952. The number of benzene rings is 1. The molecule has 1 saturated heterocycles. The van der Waals surface area contributed by atoms with Crippen molar-refractivity contribution in [1.29, 1.82) is 0 Å². The van der Waals surface area contributed by atoms with Crippen molar-refractivity contribution in [2.24, 2.45) is 5.92 Å². The number of allylic oxidation sites excluding steroid dienone is 1. The molecule has 7 nitrogen and oxygen atoms in total. The molecule has 3 rings (SSSR count). The molecule has 2 aliphatic rings. The van der Waals surface area contributed by atoms with Crippen LogP contribution in [-0.4, -0.2) is 43.6 Å². The number of nitrogens with one attached hydrogen (secondary N) is 2. The molecule has 1 atom stereocenters. The molecule has 1 aromatic rings. The lowest BCUT2D eigenvalue weighted by Crippen LogP contribution is -2.43. The Morgan fingerprint density at radius 2 is 1.90 bits per heavy atom. The Labute approximate surface area is 182 Å². The maximum Gasteiger partial charge on any atom is 0.319 e. The number of urea groups is 1. The van der Waals surface area contributed by atoms with Crippen molar-refractivity contribution in [1.82, 2.24) is 5.32 Å². The number of amides is 2. The first kappa shape index (κ1) is 22.9. The third-order valence-electron chi connectivity index (χ3n) is 6.27. The van der Waals surface area contributed by atoms with Crippen LogP contribution in [0, 0.1) is 5.92 Å². The molecule has 1 aromatic carbocycles. The Morgan fingerprint density at radius 1 is 1.23 bits per heavy atom. The summed E-state index contributed by atoms with van der Waals surface area (Å²) >= 11 is 6.22. The van der Waals surface area contributed by atoms with Crippen LogP contribution in [-0.2, 0) is 14.6 Å². The van der Waals surface area contributed by atoms with E-state index in [-0.39, 0.29) is 27.6 Å². The van der Waals surface area contributed by atoms with Crippen LogP contribution in [0.4, 0.5) is 10.5 Å². The molecule has 0 spiro atoms. The van der Waals surface area contributed by atoms with Gasteiger partial charge in [0.25, 0.3) is 0 Å². The van der Waals surface area contributed by atoms with Crippen molar-refractivity contribution in [3.05, 3.63) is 28.8 Å². The van der Waals surface area contributed by atoms with E-state index in [0.717, 1.165) is 18.4 Å². The van der Waals surface area contributed by atoms with Gasteiger partial charge in [0.05, 0.1) is 21.5 Å². The van der Waals surface area contributed by atoms with Gasteiger partial charge in [-0.3, -0.25) is 0 Å². The highest BCUT2D eigenvalue weighted by molar-refractivity contribution is 7.93. The number of phenolic OH excluding ortho intramolecular Hbond substituents is 1. The van der Waals surface area contributed by atoms with Gasteiger partial charge in [-0.25, -0.2) is 13.2 Å². The lowest BCUT2D eigenvalue weighted by atomic mass is 9.88. The summed E-state index contributed by atoms with van der Waals surface area (Å²) in [5.74, 6) is -0.680. The monoisotopic (exact) mass is 456 g/mol. The van der Waals surface area contributed by atoms with Crippen molar-refractivity contribution in [3.63, 3.8) is 0 Å². The Hall–Kier alpha value is -1.77. The fraction of sp³-hybridized carbons (Fsp3) is 0.571. The van der Waals surface area contributed by atoms with E-state index in [1.807, 2.05) is 6.92 Å². The quantitative estimate of drug-likeness (QED) is 0.453. The molecule has 0 aromatic heterocycles. The van der Waals surface area contributed by atoms with E-state index in [4.69, 9.17) is 16.3 Å². The van der Waals surface area contributed by atoms with Gasteiger partial charge in [0.1, 0.15) is 4.90 Å². The summed E-state index contributed by atoms with van der Waals surface area (Å²) < 4.78 is 31.3. The van der Waals surface area contributed by atoms with Gasteiger partial charge in [0, 0.05) is 13.2 Å². The van der Waals surface area contributed by atoms with Gasteiger partial charge in [-0.1, -0.05) is 23.3 Å². The van der Waals surface area contributed by atoms with E-state index in [9.17, 15) is 18.3 Å². The molecule has 166 valence electrons. The molecule has 1 heterocycles. The summed E-state index contributed by atoms with van der Waals surface area (Å²) in [7, 11) is -4.01. The lowest BCUT2D eigenvalue weighted by molar-refractivity contribution is 0.0563. The predicted molar refractivity (Wildman–Crippen MR) is 117 cm³/mol. The van der Waals surface area contributed by atoms with E-state index < -0.39 is 26.4 Å². The first-order valence-corrected chi connectivity index (χ1v) is 12.0. The smallest absolute Gasteiger partial charge is 0.319 e. The maximum atomic E-state index is 13.5. The second kappa shape index (κ2) is 8.77. The number of phenols is 1. The molecule has 0 saturated carbocycles.